The van der Waals surface area contributed by atoms with Gasteiger partial charge in [-0.05, 0) is 49.3 Å². The first-order chi connectivity index (χ1) is 8.16. The molecule has 0 radical (unpaired) electrons. The van der Waals surface area contributed by atoms with Gasteiger partial charge < -0.3 is 5.11 Å². The minimum absolute atomic E-state index is 0.207. The van der Waals surface area contributed by atoms with E-state index < -0.39 is 5.97 Å². The van der Waals surface area contributed by atoms with Crippen LogP contribution in [0.2, 0.25) is 0 Å². The number of benzene rings is 1. The Kier molecular flexibility index (Phi) is 3.77. The van der Waals surface area contributed by atoms with E-state index in [1.165, 1.54) is 6.07 Å². The number of carboxylic acid groups (broad SMARTS) is 1. The second kappa shape index (κ2) is 5.30. The highest BCUT2D eigenvalue weighted by molar-refractivity contribution is 5.69. The molecular formula is C14H17FO2. The Morgan fingerprint density at radius 2 is 2.06 bits per heavy atom. The lowest BCUT2D eigenvalue weighted by molar-refractivity contribution is -0.142. The fourth-order valence-electron chi connectivity index (χ4n) is 2.64. The molecule has 17 heavy (non-hydrogen) atoms. The lowest BCUT2D eigenvalue weighted by Gasteiger charge is -2.14. The zero-order valence-corrected chi connectivity index (χ0v) is 9.73. The lowest BCUT2D eigenvalue weighted by atomic mass is 9.91. The summed E-state index contributed by atoms with van der Waals surface area (Å²) in [6.07, 6.45) is 4.18. The van der Waals surface area contributed by atoms with Crippen molar-refractivity contribution < 1.29 is 14.3 Å². The van der Waals surface area contributed by atoms with Gasteiger partial charge in [-0.3, -0.25) is 4.79 Å². The van der Waals surface area contributed by atoms with Gasteiger partial charge in [0.05, 0.1) is 5.92 Å². The van der Waals surface area contributed by atoms with Crippen LogP contribution >= 0.6 is 0 Å². The van der Waals surface area contributed by atoms with E-state index in [9.17, 15) is 9.18 Å². The van der Waals surface area contributed by atoms with Crippen LogP contribution in [0.15, 0.2) is 24.3 Å². The molecule has 2 rings (SSSR count). The number of hydrogen-bond acceptors (Lipinski definition) is 1. The smallest absolute Gasteiger partial charge is 0.306 e. The monoisotopic (exact) mass is 236 g/mol. The van der Waals surface area contributed by atoms with Gasteiger partial charge in [-0.15, -0.1) is 0 Å². The summed E-state index contributed by atoms with van der Waals surface area (Å²) in [5, 5.41) is 9.00. The van der Waals surface area contributed by atoms with Crippen molar-refractivity contribution in [2.24, 2.45) is 5.92 Å². The molecule has 2 unspecified atom stereocenters. The minimum atomic E-state index is -0.690. The molecule has 0 spiro atoms. The average molecular weight is 236 g/mol. The summed E-state index contributed by atoms with van der Waals surface area (Å²) in [5.41, 5.74) is 1.01. The maximum atomic E-state index is 13.1. The Hall–Kier alpha value is -1.38. The van der Waals surface area contributed by atoms with Crippen LogP contribution in [0.25, 0.3) is 0 Å². The first kappa shape index (κ1) is 12.1. The molecule has 1 saturated carbocycles. The number of aliphatic carboxylic acids is 1. The van der Waals surface area contributed by atoms with Gasteiger partial charge in [0.15, 0.2) is 0 Å². The van der Waals surface area contributed by atoms with E-state index in [0.29, 0.717) is 12.3 Å². The molecule has 3 heteroatoms. The lowest BCUT2D eigenvalue weighted by Crippen LogP contribution is -2.12. The summed E-state index contributed by atoms with van der Waals surface area (Å²) in [7, 11) is 0. The number of halogens is 1. The van der Waals surface area contributed by atoms with Crippen molar-refractivity contribution in [3.05, 3.63) is 35.6 Å². The van der Waals surface area contributed by atoms with Gasteiger partial charge in [-0.1, -0.05) is 18.6 Å². The van der Waals surface area contributed by atoms with Gasteiger partial charge in [-0.25, -0.2) is 4.39 Å². The summed E-state index contributed by atoms with van der Waals surface area (Å²) in [6, 6.07) is 6.69. The highest BCUT2D eigenvalue weighted by Gasteiger charge is 2.24. The van der Waals surface area contributed by atoms with Crippen molar-refractivity contribution in [3.63, 3.8) is 0 Å². The standard InChI is InChI=1S/C14H17FO2/c15-13-6-2-5-12(9-13)10-3-1-4-11(8-7-10)14(16)17/h2,5-6,9-11H,1,3-4,7-8H2,(H,16,17). The van der Waals surface area contributed by atoms with Crippen molar-refractivity contribution in [2.75, 3.05) is 0 Å². The van der Waals surface area contributed by atoms with Crippen molar-refractivity contribution in [3.8, 4) is 0 Å². The zero-order chi connectivity index (χ0) is 12.3. The first-order valence-corrected chi connectivity index (χ1v) is 6.15. The van der Waals surface area contributed by atoms with E-state index in [-0.39, 0.29) is 11.7 Å². The Morgan fingerprint density at radius 3 is 2.76 bits per heavy atom. The van der Waals surface area contributed by atoms with E-state index in [0.717, 1.165) is 31.2 Å². The molecule has 0 aliphatic heterocycles. The number of carbonyl (C=O) groups is 1. The van der Waals surface area contributed by atoms with Gasteiger partial charge >= 0.3 is 5.97 Å². The Balaban J connectivity index is 2.06. The van der Waals surface area contributed by atoms with Crippen LogP contribution in [0.1, 0.15) is 43.6 Å². The molecule has 1 aromatic carbocycles. The Labute approximate surface area is 100 Å². The SMILES string of the molecule is O=C(O)C1CCCC(c2cccc(F)c2)CC1. The summed E-state index contributed by atoms with van der Waals surface area (Å²) >= 11 is 0. The third-order valence-corrected chi connectivity index (χ3v) is 3.64. The highest BCUT2D eigenvalue weighted by Crippen LogP contribution is 2.34. The van der Waals surface area contributed by atoms with E-state index in [1.54, 1.807) is 12.1 Å². The van der Waals surface area contributed by atoms with E-state index in [1.807, 2.05) is 6.07 Å². The first-order valence-electron chi connectivity index (χ1n) is 6.15. The summed E-state index contributed by atoms with van der Waals surface area (Å²) in [5.74, 6) is -0.796. The van der Waals surface area contributed by atoms with Crippen molar-refractivity contribution in [1.29, 1.82) is 0 Å². The van der Waals surface area contributed by atoms with Crippen molar-refractivity contribution >= 4 is 5.97 Å². The van der Waals surface area contributed by atoms with Crippen LogP contribution in [-0.2, 0) is 4.79 Å². The Morgan fingerprint density at radius 1 is 1.24 bits per heavy atom. The molecule has 1 aliphatic rings. The highest BCUT2D eigenvalue weighted by atomic mass is 19.1. The van der Waals surface area contributed by atoms with Crippen LogP contribution in [0, 0.1) is 11.7 Å². The molecule has 1 N–H and O–H groups in total. The van der Waals surface area contributed by atoms with Crippen LogP contribution < -0.4 is 0 Å². The molecule has 1 aliphatic carbocycles. The van der Waals surface area contributed by atoms with Crippen LogP contribution in [-0.4, -0.2) is 11.1 Å². The summed E-state index contributed by atoms with van der Waals surface area (Å²) < 4.78 is 13.1. The van der Waals surface area contributed by atoms with Crippen molar-refractivity contribution in [1.82, 2.24) is 0 Å². The quantitative estimate of drug-likeness (QED) is 0.797. The predicted octanol–water partition coefficient (Wildman–Crippen LogP) is 3.57. The molecule has 0 aromatic heterocycles. The molecule has 1 aromatic rings. The van der Waals surface area contributed by atoms with Gasteiger partial charge in [0.25, 0.3) is 0 Å². The average Bonchev–Trinajstić information content (AvgIpc) is 2.54. The topological polar surface area (TPSA) is 37.3 Å². The summed E-state index contributed by atoms with van der Waals surface area (Å²) in [4.78, 5) is 10.9. The number of rotatable bonds is 2. The van der Waals surface area contributed by atoms with Gasteiger partial charge in [0.2, 0.25) is 0 Å². The maximum absolute atomic E-state index is 13.1. The second-order valence-corrected chi connectivity index (χ2v) is 4.80. The van der Waals surface area contributed by atoms with Crippen LogP contribution in [0.3, 0.4) is 0 Å². The number of carboxylic acids is 1. The maximum Gasteiger partial charge on any atom is 0.306 e. The van der Waals surface area contributed by atoms with Gasteiger partial charge in [0, 0.05) is 0 Å². The van der Waals surface area contributed by atoms with Gasteiger partial charge in [-0.2, -0.15) is 0 Å². The van der Waals surface area contributed by atoms with Crippen molar-refractivity contribution in [2.45, 2.75) is 38.0 Å². The fraction of sp³-hybridized carbons (Fsp3) is 0.500. The molecule has 0 heterocycles. The molecule has 1 fully saturated rings. The zero-order valence-electron chi connectivity index (χ0n) is 9.73. The molecule has 0 amide bonds. The van der Waals surface area contributed by atoms with E-state index in [2.05, 4.69) is 0 Å². The van der Waals surface area contributed by atoms with Crippen LogP contribution in [0.4, 0.5) is 4.39 Å². The molecule has 2 atom stereocenters. The largest absolute Gasteiger partial charge is 0.481 e. The fourth-order valence-corrected chi connectivity index (χ4v) is 2.64. The predicted molar refractivity (Wildman–Crippen MR) is 63.4 cm³/mol. The van der Waals surface area contributed by atoms with Crippen LogP contribution in [0.5, 0.6) is 0 Å². The van der Waals surface area contributed by atoms with E-state index in [4.69, 9.17) is 5.11 Å². The second-order valence-electron chi connectivity index (χ2n) is 4.80. The number of hydrogen-bond donors (Lipinski definition) is 1. The molecule has 92 valence electrons. The molecule has 0 bridgehead atoms. The molecular weight excluding hydrogens is 219 g/mol. The third kappa shape index (κ3) is 3.05. The van der Waals surface area contributed by atoms with Gasteiger partial charge in [0.1, 0.15) is 5.82 Å². The minimum Gasteiger partial charge on any atom is -0.481 e. The van der Waals surface area contributed by atoms with E-state index >= 15 is 0 Å². The molecule has 2 nitrogen and oxygen atoms in total. The third-order valence-electron chi connectivity index (χ3n) is 3.64. The molecule has 0 saturated heterocycles. The summed E-state index contributed by atoms with van der Waals surface area (Å²) in [6.45, 7) is 0. The normalized spacial score (nSPS) is 25.2. The Bertz CT molecular complexity index is 403.